The van der Waals surface area contributed by atoms with Crippen molar-refractivity contribution in [1.82, 2.24) is 0 Å². The minimum atomic E-state index is 0. The maximum atomic E-state index is 5.83. The Labute approximate surface area is 130 Å². The molecule has 0 amide bonds. The first-order chi connectivity index (χ1) is 9.36. The molecule has 3 rings (SSSR count). The van der Waals surface area contributed by atoms with Gasteiger partial charge in [0.1, 0.15) is 0 Å². The molecule has 0 aliphatic rings. The summed E-state index contributed by atoms with van der Waals surface area (Å²) in [5.74, 6) is 1.81. The summed E-state index contributed by atoms with van der Waals surface area (Å²) in [6.07, 6.45) is 0. The molecule has 1 aromatic heterocycles. The van der Waals surface area contributed by atoms with Crippen LogP contribution in [-0.4, -0.2) is 22.0 Å². The van der Waals surface area contributed by atoms with E-state index >= 15 is 0 Å². The molecular formula is C16H13ClO2Se. The molecule has 0 unspecified atom stereocenters. The van der Waals surface area contributed by atoms with Crippen LogP contribution >= 0.6 is 0 Å². The summed E-state index contributed by atoms with van der Waals surface area (Å²) < 4.78 is 12.3. The van der Waals surface area contributed by atoms with E-state index < -0.39 is 0 Å². The summed E-state index contributed by atoms with van der Waals surface area (Å²) in [5, 5.41) is 0. The van der Waals surface area contributed by atoms with Crippen molar-refractivity contribution < 1.29 is 20.6 Å². The van der Waals surface area contributed by atoms with Crippen molar-refractivity contribution in [3.63, 3.8) is 0 Å². The Kier molecular flexibility index (Phi) is 5.02. The molecule has 0 aliphatic heterocycles. The van der Waals surface area contributed by atoms with Gasteiger partial charge in [-0.3, -0.25) is 0 Å². The van der Waals surface area contributed by atoms with E-state index in [1.54, 1.807) is 7.11 Å². The van der Waals surface area contributed by atoms with Crippen LogP contribution in [0.5, 0.6) is 5.75 Å². The molecule has 2 aromatic carbocycles. The number of hydrogen-bond donors (Lipinski definition) is 0. The van der Waals surface area contributed by atoms with Crippen molar-refractivity contribution in [1.29, 1.82) is 0 Å². The number of ether oxygens (including phenoxy) is 1. The maximum absolute atomic E-state index is 5.83. The SMILES string of the molecule is COc1ccc(-c2cc(-c3ccccc3)[se][o+]2)cc1.[Cl-]. The molecule has 1 heterocycles. The van der Waals surface area contributed by atoms with Crippen LogP contribution in [0.3, 0.4) is 0 Å². The van der Waals surface area contributed by atoms with E-state index in [2.05, 4.69) is 30.3 Å². The topological polar surface area (TPSA) is 20.5 Å². The van der Waals surface area contributed by atoms with Crippen LogP contribution in [0.25, 0.3) is 21.3 Å². The summed E-state index contributed by atoms with van der Waals surface area (Å²) in [6, 6.07) is 20.5. The molecule has 0 saturated heterocycles. The van der Waals surface area contributed by atoms with Gasteiger partial charge in [0.05, 0.1) is 0 Å². The van der Waals surface area contributed by atoms with Gasteiger partial charge in [-0.15, -0.1) is 0 Å². The monoisotopic (exact) mass is 352 g/mol. The van der Waals surface area contributed by atoms with Crippen LogP contribution in [0, 0.1) is 0 Å². The largest absolute Gasteiger partial charge is 1.00 e. The minimum Gasteiger partial charge on any atom is -1.00 e. The third kappa shape index (κ3) is 3.13. The summed E-state index contributed by atoms with van der Waals surface area (Å²) in [5.41, 5.74) is 2.33. The Morgan fingerprint density at radius 1 is 0.900 bits per heavy atom. The fourth-order valence-corrected chi connectivity index (χ4v) is 3.37. The van der Waals surface area contributed by atoms with Gasteiger partial charge in [0.25, 0.3) is 0 Å². The van der Waals surface area contributed by atoms with Crippen molar-refractivity contribution in [3.8, 4) is 27.1 Å². The fraction of sp³-hybridized carbons (Fsp3) is 0.0625. The summed E-state index contributed by atoms with van der Waals surface area (Å²) in [4.78, 5) is 0. The van der Waals surface area contributed by atoms with Crippen LogP contribution in [0.4, 0.5) is 0 Å². The van der Waals surface area contributed by atoms with Gasteiger partial charge in [-0.05, 0) is 0 Å². The molecule has 4 heteroatoms. The van der Waals surface area contributed by atoms with E-state index in [4.69, 9.17) is 8.22 Å². The zero-order valence-electron chi connectivity index (χ0n) is 10.9. The zero-order chi connectivity index (χ0) is 13.1. The second-order valence-electron chi connectivity index (χ2n) is 4.13. The van der Waals surface area contributed by atoms with Gasteiger partial charge in [0.2, 0.25) is 0 Å². The standard InChI is InChI=1S/C16H13O2Se.ClH/c1-17-14-9-7-12(8-10-14)15-11-16(19-18-15)13-5-3-2-4-6-13;/h2-11H,1H3;1H/q+1;/p-1. The second-order valence-corrected chi connectivity index (χ2v) is 5.76. The van der Waals surface area contributed by atoms with Crippen molar-refractivity contribution in [2.75, 3.05) is 7.11 Å². The van der Waals surface area contributed by atoms with E-state index in [1.165, 1.54) is 10.0 Å². The van der Waals surface area contributed by atoms with E-state index in [0.29, 0.717) is 0 Å². The third-order valence-corrected chi connectivity index (χ3v) is 4.59. The molecule has 0 bridgehead atoms. The Morgan fingerprint density at radius 3 is 2.25 bits per heavy atom. The molecule has 0 fully saturated rings. The number of hydrogen-bond acceptors (Lipinski definition) is 1. The number of benzene rings is 2. The summed E-state index contributed by atoms with van der Waals surface area (Å²) in [7, 11) is 1.67. The molecule has 2 nitrogen and oxygen atoms in total. The van der Waals surface area contributed by atoms with E-state index in [0.717, 1.165) is 17.1 Å². The Hall–Kier alpha value is -1.54. The zero-order valence-corrected chi connectivity index (χ0v) is 13.3. The van der Waals surface area contributed by atoms with Crippen LogP contribution in [0.2, 0.25) is 0 Å². The normalized spacial score (nSPS) is 9.85. The first kappa shape index (κ1) is 14.9. The molecule has 0 N–H and O–H groups in total. The number of rotatable bonds is 3. The van der Waals surface area contributed by atoms with Gasteiger partial charge >= 0.3 is 118 Å². The Bertz CT molecular complexity index is 662. The van der Waals surface area contributed by atoms with E-state index in [1.807, 2.05) is 30.3 Å². The van der Waals surface area contributed by atoms with Gasteiger partial charge < -0.3 is 12.4 Å². The van der Waals surface area contributed by atoms with Gasteiger partial charge in [0, 0.05) is 0 Å². The fourth-order valence-electron chi connectivity index (χ4n) is 1.88. The van der Waals surface area contributed by atoms with E-state index in [9.17, 15) is 0 Å². The van der Waals surface area contributed by atoms with Crippen LogP contribution < -0.4 is 17.1 Å². The van der Waals surface area contributed by atoms with Crippen LogP contribution in [0.15, 0.2) is 64.1 Å². The molecule has 0 aliphatic carbocycles. The van der Waals surface area contributed by atoms with Crippen molar-refractivity contribution in [2.45, 2.75) is 0 Å². The Morgan fingerprint density at radius 2 is 1.60 bits per heavy atom. The van der Waals surface area contributed by atoms with Crippen molar-refractivity contribution in [3.05, 3.63) is 60.7 Å². The molecular weight excluding hydrogens is 339 g/mol. The number of methoxy groups -OCH3 is 1. The average molecular weight is 352 g/mol. The third-order valence-electron chi connectivity index (χ3n) is 2.92. The van der Waals surface area contributed by atoms with Gasteiger partial charge in [-0.1, -0.05) is 0 Å². The Balaban J connectivity index is 0.00000147. The first-order valence-corrected chi connectivity index (χ1v) is 7.55. The second kappa shape index (κ2) is 6.76. The predicted molar refractivity (Wildman–Crippen MR) is 77.5 cm³/mol. The van der Waals surface area contributed by atoms with Crippen molar-refractivity contribution >= 4 is 14.9 Å². The van der Waals surface area contributed by atoms with Gasteiger partial charge in [-0.2, -0.15) is 0 Å². The molecule has 0 spiro atoms. The summed E-state index contributed by atoms with van der Waals surface area (Å²) in [6.45, 7) is 0. The summed E-state index contributed by atoms with van der Waals surface area (Å²) >= 11 is 0.0522. The molecule has 3 aromatic rings. The maximum Gasteiger partial charge on any atom is -1.00 e. The molecule has 20 heavy (non-hydrogen) atoms. The van der Waals surface area contributed by atoms with Gasteiger partial charge in [0.15, 0.2) is 0 Å². The van der Waals surface area contributed by atoms with E-state index in [-0.39, 0.29) is 27.3 Å². The first-order valence-electron chi connectivity index (χ1n) is 6.00. The van der Waals surface area contributed by atoms with Crippen LogP contribution in [0.1, 0.15) is 0 Å². The minimum absolute atomic E-state index is 0. The van der Waals surface area contributed by atoms with Gasteiger partial charge in [-0.25, -0.2) is 0 Å². The predicted octanol–water partition coefficient (Wildman–Crippen LogP) is 0.964. The smallest absolute Gasteiger partial charge is 1.00 e. The molecule has 102 valence electrons. The van der Waals surface area contributed by atoms with Crippen molar-refractivity contribution in [2.24, 2.45) is 0 Å². The number of halogens is 1. The molecule has 0 saturated carbocycles. The van der Waals surface area contributed by atoms with Crippen LogP contribution in [-0.2, 0) is 0 Å². The molecule has 0 radical (unpaired) electrons. The quantitative estimate of drug-likeness (QED) is 0.518. The average Bonchev–Trinajstić information content (AvgIpc) is 2.98. The molecule has 0 atom stereocenters.